The van der Waals surface area contributed by atoms with E-state index in [1.54, 1.807) is 30.3 Å². The molecular weight excluding hydrogens is 560 g/mol. The molecular formula is C29H31ClO11. The first kappa shape index (κ1) is 31.6. The quantitative estimate of drug-likeness (QED) is 0.259. The Labute approximate surface area is 241 Å². The molecule has 3 rings (SSSR count). The molecule has 220 valence electrons. The lowest BCUT2D eigenvalue weighted by Crippen LogP contribution is -2.59. The van der Waals surface area contributed by atoms with Gasteiger partial charge in [-0.25, -0.2) is 0 Å². The number of rotatable bonds is 9. The fourth-order valence-corrected chi connectivity index (χ4v) is 4.78. The van der Waals surface area contributed by atoms with Crippen LogP contribution in [-0.4, -0.2) is 65.8 Å². The summed E-state index contributed by atoms with van der Waals surface area (Å²) in [4.78, 5) is 59.7. The topological polar surface area (TPSA) is 152 Å². The molecule has 1 saturated heterocycles. The van der Waals surface area contributed by atoms with Gasteiger partial charge in [-0.2, -0.15) is 0 Å². The second-order valence-corrected chi connectivity index (χ2v) is 9.96. The fourth-order valence-electron chi connectivity index (χ4n) is 4.60. The first-order chi connectivity index (χ1) is 19.3. The van der Waals surface area contributed by atoms with Gasteiger partial charge in [0.25, 0.3) is 0 Å². The number of ether oxygens (including phenoxy) is 5. The molecule has 0 amide bonds. The number of hydrogen-bond acceptors (Lipinski definition) is 11. The number of Topliss-reactive ketones (excluding diaryl/α,β-unsaturated/α-hetero) is 1. The predicted molar refractivity (Wildman–Crippen MR) is 143 cm³/mol. The molecule has 1 fully saturated rings. The monoisotopic (exact) mass is 590 g/mol. The van der Waals surface area contributed by atoms with Gasteiger partial charge in [0.2, 0.25) is 0 Å². The van der Waals surface area contributed by atoms with Gasteiger partial charge in [0.1, 0.15) is 24.6 Å². The van der Waals surface area contributed by atoms with Crippen molar-refractivity contribution < 1.29 is 52.8 Å². The van der Waals surface area contributed by atoms with Crippen LogP contribution in [0.1, 0.15) is 67.8 Å². The van der Waals surface area contributed by atoms with Crippen molar-refractivity contribution in [1.29, 1.82) is 0 Å². The van der Waals surface area contributed by atoms with E-state index < -0.39 is 54.4 Å². The zero-order valence-corrected chi connectivity index (χ0v) is 23.9. The highest BCUT2D eigenvalue weighted by molar-refractivity contribution is 6.31. The van der Waals surface area contributed by atoms with Crippen molar-refractivity contribution in [2.24, 2.45) is 0 Å². The Morgan fingerprint density at radius 2 is 1.41 bits per heavy atom. The molecule has 12 heteroatoms. The number of esters is 4. The number of halogens is 1. The highest BCUT2D eigenvalue weighted by atomic mass is 35.5. The third-order valence-electron chi connectivity index (χ3n) is 6.22. The number of carbonyl (C=O) groups is 5. The zero-order chi connectivity index (χ0) is 30.4. The van der Waals surface area contributed by atoms with Crippen molar-refractivity contribution in [3.8, 4) is 5.75 Å². The van der Waals surface area contributed by atoms with Crippen LogP contribution >= 0.6 is 11.6 Å². The van der Waals surface area contributed by atoms with E-state index in [9.17, 15) is 29.1 Å². The summed E-state index contributed by atoms with van der Waals surface area (Å²) in [6, 6.07) is 9.57. The van der Waals surface area contributed by atoms with Crippen LogP contribution in [0, 0.1) is 0 Å². The normalized spacial score (nSPS) is 21.9. The van der Waals surface area contributed by atoms with Crippen molar-refractivity contribution in [3.05, 3.63) is 63.7 Å². The zero-order valence-electron chi connectivity index (χ0n) is 23.2. The number of phenols is 1. The van der Waals surface area contributed by atoms with Gasteiger partial charge in [-0.15, -0.1) is 0 Å². The van der Waals surface area contributed by atoms with Crippen molar-refractivity contribution in [2.75, 3.05) is 6.61 Å². The van der Waals surface area contributed by atoms with Crippen LogP contribution < -0.4 is 0 Å². The van der Waals surface area contributed by atoms with Gasteiger partial charge in [0.15, 0.2) is 24.1 Å². The third kappa shape index (κ3) is 8.27. The maximum Gasteiger partial charge on any atom is 0.303 e. The van der Waals surface area contributed by atoms with Crippen molar-refractivity contribution >= 4 is 41.3 Å². The first-order valence-corrected chi connectivity index (χ1v) is 13.1. The Hall–Kier alpha value is -3.96. The van der Waals surface area contributed by atoms with Crippen molar-refractivity contribution in [3.63, 3.8) is 0 Å². The Kier molecular flexibility index (Phi) is 10.5. The smallest absolute Gasteiger partial charge is 0.303 e. The Morgan fingerprint density at radius 3 is 2.00 bits per heavy atom. The predicted octanol–water partition coefficient (Wildman–Crippen LogP) is 3.64. The second-order valence-electron chi connectivity index (χ2n) is 9.56. The summed E-state index contributed by atoms with van der Waals surface area (Å²) >= 11 is 6.50. The van der Waals surface area contributed by atoms with Crippen LogP contribution in [-0.2, 0) is 49.3 Å². The van der Waals surface area contributed by atoms with E-state index in [1.165, 1.54) is 26.8 Å². The van der Waals surface area contributed by atoms with Crippen LogP contribution in [0.15, 0.2) is 36.4 Å². The van der Waals surface area contributed by atoms with E-state index in [0.29, 0.717) is 21.7 Å². The fraction of sp³-hybridized carbons (Fsp3) is 0.414. The number of benzene rings is 2. The summed E-state index contributed by atoms with van der Waals surface area (Å²) < 4.78 is 27.9. The highest BCUT2D eigenvalue weighted by Gasteiger charge is 2.52. The average Bonchev–Trinajstić information content (AvgIpc) is 2.86. The van der Waals surface area contributed by atoms with Crippen LogP contribution in [0.4, 0.5) is 0 Å². The van der Waals surface area contributed by atoms with Gasteiger partial charge >= 0.3 is 23.9 Å². The van der Waals surface area contributed by atoms with E-state index in [2.05, 4.69) is 0 Å². The lowest BCUT2D eigenvalue weighted by Gasteiger charge is -2.44. The average molecular weight is 591 g/mol. The molecule has 1 N–H and O–H groups in total. The molecule has 0 saturated carbocycles. The molecule has 0 spiro atoms. The standard InChI is InChI=1S/C29H31ClO11/c1-14(31)22-11-19(6-9-24(22)36)10-21-12-20(7-8-23(21)30)26-28(39-17(4)34)29(40-18(5)35)27(38-16(3)33)25(41-26)13-37-15(2)32/h6-9,11-12,25-29,36H,10,13H2,1-5H3/t25-,26+,27-,28+,29+/m1/s1. The van der Waals surface area contributed by atoms with E-state index in [0.717, 1.165) is 13.8 Å². The highest BCUT2D eigenvalue weighted by Crippen LogP contribution is 2.39. The maximum absolute atomic E-state index is 12.2. The van der Waals surface area contributed by atoms with Crippen LogP contribution in [0.3, 0.4) is 0 Å². The van der Waals surface area contributed by atoms with Crippen LogP contribution in [0.5, 0.6) is 5.75 Å². The summed E-state index contributed by atoms with van der Waals surface area (Å²) in [6.45, 7) is 5.64. The summed E-state index contributed by atoms with van der Waals surface area (Å²) in [7, 11) is 0. The largest absolute Gasteiger partial charge is 0.507 e. The summed E-state index contributed by atoms with van der Waals surface area (Å²) in [5.74, 6) is -3.24. The van der Waals surface area contributed by atoms with Crippen molar-refractivity contribution in [2.45, 2.75) is 71.6 Å². The molecule has 0 aromatic heterocycles. The van der Waals surface area contributed by atoms with E-state index in [-0.39, 0.29) is 30.1 Å². The molecule has 2 aromatic rings. The Balaban J connectivity index is 2.08. The SMILES string of the molecule is CC(=O)OC[C@H]1O[C@@H](c2ccc(Cl)c(Cc3ccc(O)c(C(C)=O)c3)c2)[C@H](OC(C)=O)[C@@H](OC(C)=O)[C@@H]1OC(C)=O. The maximum atomic E-state index is 12.2. The molecule has 0 bridgehead atoms. The number of phenolic OH excluding ortho intramolecular Hbond substituents is 1. The van der Waals surface area contributed by atoms with Gasteiger partial charge in [-0.05, 0) is 48.2 Å². The minimum absolute atomic E-state index is 0.140. The van der Waals surface area contributed by atoms with Crippen molar-refractivity contribution in [1.82, 2.24) is 0 Å². The molecule has 41 heavy (non-hydrogen) atoms. The lowest BCUT2D eigenvalue weighted by molar-refractivity contribution is -0.254. The third-order valence-corrected chi connectivity index (χ3v) is 6.59. The number of hydrogen-bond donors (Lipinski definition) is 1. The summed E-state index contributed by atoms with van der Waals surface area (Å²) in [5.41, 5.74) is 1.92. The molecule has 1 heterocycles. The van der Waals surface area contributed by atoms with Crippen LogP contribution in [0.2, 0.25) is 5.02 Å². The van der Waals surface area contributed by atoms with Gasteiger partial charge in [0.05, 0.1) is 5.56 Å². The number of ketones is 1. The van der Waals surface area contributed by atoms with Crippen LogP contribution in [0.25, 0.3) is 0 Å². The lowest BCUT2D eigenvalue weighted by atomic mass is 9.89. The van der Waals surface area contributed by atoms with Gasteiger partial charge in [-0.3, -0.25) is 24.0 Å². The Bertz CT molecular complexity index is 1340. The number of carbonyl (C=O) groups excluding carboxylic acids is 5. The molecule has 2 aromatic carbocycles. The molecule has 1 aliphatic rings. The van der Waals surface area contributed by atoms with Gasteiger partial charge in [-0.1, -0.05) is 29.8 Å². The minimum atomic E-state index is -1.31. The first-order valence-electron chi connectivity index (χ1n) is 12.7. The van der Waals surface area contributed by atoms with E-state index >= 15 is 0 Å². The summed E-state index contributed by atoms with van der Waals surface area (Å²) in [6.07, 6.45) is -5.75. The molecule has 5 atom stereocenters. The molecule has 11 nitrogen and oxygen atoms in total. The van der Waals surface area contributed by atoms with Gasteiger partial charge in [0, 0.05) is 32.7 Å². The number of aromatic hydroxyl groups is 1. The van der Waals surface area contributed by atoms with E-state index in [1.807, 2.05) is 0 Å². The van der Waals surface area contributed by atoms with Gasteiger partial charge < -0.3 is 28.8 Å². The second kappa shape index (κ2) is 13.6. The Morgan fingerprint density at radius 1 is 0.805 bits per heavy atom. The molecule has 1 aliphatic heterocycles. The van der Waals surface area contributed by atoms with E-state index in [4.69, 9.17) is 35.3 Å². The summed E-state index contributed by atoms with van der Waals surface area (Å²) in [5, 5.41) is 10.4. The molecule has 0 radical (unpaired) electrons. The molecule has 0 unspecified atom stereocenters. The molecule has 0 aliphatic carbocycles. The minimum Gasteiger partial charge on any atom is -0.507 e.